The van der Waals surface area contributed by atoms with Crippen molar-refractivity contribution in [3.05, 3.63) is 40.7 Å². The predicted octanol–water partition coefficient (Wildman–Crippen LogP) is -2.10. The Balaban J connectivity index is 0.00000900. The summed E-state index contributed by atoms with van der Waals surface area (Å²) in [6.07, 6.45) is 1.64. The second kappa shape index (κ2) is 18.4. The van der Waals surface area contributed by atoms with Gasteiger partial charge < -0.3 is 30.2 Å². The number of carbonyl (C=O) groups excluding carboxylic acids is 4. The molecule has 9 nitrogen and oxygen atoms in total. The summed E-state index contributed by atoms with van der Waals surface area (Å²) in [5.41, 5.74) is 1.88. The summed E-state index contributed by atoms with van der Waals surface area (Å²) in [7, 11) is 1.55. The molecule has 0 aliphatic carbocycles. The number of benzene rings is 1. The molecule has 166 valence electrons. The van der Waals surface area contributed by atoms with Crippen LogP contribution in [0.1, 0.15) is 30.9 Å². The molecule has 0 unspecified atom stereocenters. The number of nitrogens with zero attached hydrogens (tertiary/aromatic N) is 1. The van der Waals surface area contributed by atoms with E-state index in [1.807, 2.05) is 24.3 Å². The molecule has 2 N–H and O–H groups in total. The third kappa shape index (κ3) is 16.2. The molecule has 3 amide bonds. The molecular formula is C21H30N3O6Rb. The van der Waals surface area contributed by atoms with E-state index in [2.05, 4.69) is 16.0 Å². The van der Waals surface area contributed by atoms with Gasteiger partial charge in [0.1, 0.15) is 0 Å². The zero-order valence-electron chi connectivity index (χ0n) is 18.6. The van der Waals surface area contributed by atoms with E-state index < -0.39 is 0 Å². The van der Waals surface area contributed by atoms with Gasteiger partial charge in [0, 0.05) is 33.4 Å². The Kier molecular flexibility index (Phi) is 17.8. The van der Waals surface area contributed by atoms with Gasteiger partial charge in [-0.1, -0.05) is 24.3 Å². The molecule has 0 radical (unpaired) electrons. The minimum atomic E-state index is -0.338. The molecule has 0 saturated carbocycles. The number of amides is 3. The summed E-state index contributed by atoms with van der Waals surface area (Å²) in [5.74, 6) is -0.919. The van der Waals surface area contributed by atoms with Gasteiger partial charge in [0.15, 0.2) is 0 Å². The van der Waals surface area contributed by atoms with Gasteiger partial charge in [-0.15, -0.1) is 6.54 Å². The van der Waals surface area contributed by atoms with Crippen molar-refractivity contribution in [1.82, 2.24) is 10.6 Å². The van der Waals surface area contributed by atoms with Crippen LogP contribution in [0, 0.1) is 0 Å². The first-order chi connectivity index (χ1) is 14.4. The van der Waals surface area contributed by atoms with Crippen LogP contribution in [0.3, 0.4) is 0 Å². The predicted molar refractivity (Wildman–Crippen MR) is 111 cm³/mol. The molecule has 1 aromatic carbocycles. The molecule has 31 heavy (non-hydrogen) atoms. The Hall–Kier alpha value is -1.13. The van der Waals surface area contributed by atoms with Crippen LogP contribution in [-0.2, 0) is 41.5 Å². The quantitative estimate of drug-likeness (QED) is 0.220. The standard InChI is InChI=1S/C21H31N3O6.Rb/c1-16(25)30-13-3-12-29-15-21(28)24-10-8-17-4-6-18(7-5-17)14-20(27)23-11-9-19(26)22-2;/h4-7H,3,8-15H2,1-2H3,(H3,22,23,24,26,27,28);/q;+1/p-1. The van der Waals surface area contributed by atoms with Crippen LogP contribution < -0.4 is 68.8 Å². The van der Waals surface area contributed by atoms with E-state index in [1.54, 1.807) is 7.05 Å². The molecule has 1 rings (SSSR count). The van der Waals surface area contributed by atoms with E-state index in [9.17, 15) is 19.2 Å². The van der Waals surface area contributed by atoms with Crippen molar-refractivity contribution in [2.24, 2.45) is 0 Å². The van der Waals surface area contributed by atoms with Gasteiger partial charge in [-0.2, -0.15) is 0 Å². The number of ether oxygens (including phenoxy) is 2. The van der Waals surface area contributed by atoms with E-state index in [1.165, 1.54) is 6.92 Å². The minimum Gasteiger partial charge on any atom is -0.651 e. The zero-order valence-corrected chi connectivity index (χ0v) is 23.5. The second-order valence-electron chi connectivity index (χ2n) is 6.54. The second-order valence-corrected chi connectivity index (χ2v) is 6.54. The fraction of sp³-hybridized carbons (Fsp3) is 0.524. The first-order valence-electron chi connectivity index (χ1n) is 9.87. The number of carbonyl (C=O) groups is 4. The summed E-state index contributed by atoms with van der Waals surface area (Å²) in [6, 6.07) is 7.53. The maximum Gasteiger partial charge on any atom is 1.00 e. The van der Waals surface area contributed by atoms with Crippen molar-refractivity contribution in [3.63, 3.8) is 0 Å². The smallest absolute Gasteiger partial charge is 0.651 e. The molecule has 0 heterocycles. The van der Waals surface area contributed by atoms with Crippen molar-refractivity contribution >= 4 is 23.7 Å². The van der Waals surface area contributed by atoms with Gasteiger partial charge in [-0.3, -0.25) is 14.4 Å². The van der Waals surface area contributed by atoms with Gasteiger partial charge >= 0.3 is 64.2 Å². The molecule has 1 aromatic rings. The van der Waals surface area contributed by atoms with E-state index in [0.717, 1.165) is 11.1 Å². The molecule has 0 aliphatic rings. The molecule has 0 fully saturated rings. The Morgan fingerprint density at radius 2 is 1.68 bits per heavy atom. The van der Waals surface area contributed by atoms with Gasteiger partial charge in [0.25, 0.3) is 0 Å². The van der Waals surface area contributed by atoms with Crippen molar-refractivity contribution in [2.75, 3.05) is 40.0 Å². The maximum absolute atomic E-state index is 11.9. The van der Waals surface area contributed by atoms with Crippen molar-refractivity contribution in [3.8, 4) is 0 Å². The topological polar surface area (TPSA) is 125 Å². The van der Waals surface area contributed by atoms with Gasteiger partial charge in [0.05, 0.1) is 32.1 Å². The van der Waals surface area contributed by atoms with Crippen LogP contribution >= 0.6 is 0 Å². The van der Waals surface area contributed by atoms with E-state index in [-0.39, 0.29) is 108 Å². The van der Waals surface area contributed by atoms with Crippen LogP contribution in [0.5, 0.6) is 0 Å². The molecule has 0 bridgehead atoms. The third-order valence-electron chi connectivity index (χ3n) is 3.99. The summed E-state index contributed by atoms with van der Waals surface area (Å²) < 4.78 is 9.94. The molecule has 0 aromatic heterocycles. The Bertz CT molecular complexity index is 697. The molecule has 10 heteroatoms. The van der Waals surface area contributed by atoms with Gasteiger partial charge in [-0.25, -0.2) is 0 Å². The summed E-state index contributed by atoms with van der Waals surface area (Å²) in [4.78, 5) is 45.2. The molecule has 0 spiro atoms. The maximum atomic E-state index is 11.9. The number of esters is 1. The van der Waals surface area contributed by atoms with Crippen LogP contribution in [0.2, 0.25) is 0 Å². The Morgan fingerprint density at radius 1 is 1.00 bits per heavy atom. The summed E-state index contributed by atoms with van der Waals surface area (Å²) >= 11 is 0. The number of nitrogens with one attached hydrogen (secondary N) is 2. The first kappa shape index (κ1) is 29.9. The van der Waals surface area contributed by atoms with Gasteiger partial charge in [-0.05, 0) is 17.5 Å². The monoisotopic (exact) mass is 505 g/mol. The number of hydrogen-bond donors (Lipinski definition) is 2. The zero-order chi connectivity index (χ0) is 22.2. The van der Waals surface area contributed by atoms with Crippen LogP contribution in [0.4, 0.5) is 0 Å². The van der Waals surface area contributed by atoms with Crippen LogP contribution in [0.15, 0.2) is 24.3 Å². The van der Waals surface area contributed by atoms with Gasteiger partial charge in [0.2, 0.25) is 11.8 Å². The SMILES string of the molecule is CNC(=O)CCNC(=O)Cc1ccc(CC[N-]C(=O)COCCCOC(C)=O)cc1.[Rb+]. The summed E-state index contributed by atoms with van der Waals surface area (Å²) in [5, 5.41) is 9.15. The molecule has 0 aliphatic heterocycles. The first-order valence-corrected chi connectivity index (χ1v) is 9.87. The average Bonchev–Trinajstić information content (AvgIpc) is 2.71. The van der Waals surface area contributed by atoms with E-state index in [4.69, 9.17) is 9.47 Å². The fourth-order valence-electron chi connectivity index (χ4n) is 2.40. The van der Waals surface area contributed by atoms with Crippen molar-refractivity contribution in [2.45, 2.75) is 32.6 Å². The molecule has 0 atom stereocenters. The van der Waals surface area contributed by atoms with Crippen LogP contribution in [0.25, 0.3) is 5.32 Å². The summed E-state index contributed by atoms with van der Waals surface area (Å²) in [6.45, 7) is 2.51. The fourth-order valence-corrected chi connectivity index (χ4v) is 2.40. The van der Waals surface area contributed by atoms with E-state index in [0.29, 0.717) is 32.5 Å². The van der Waals surface area contributed by atoms with Crippen molar-refractivity contribution in [1.29, 1.82) is 0 Å². The minimum absolute atomic E-state index is 0. The third-order valence-corrected chi connectivity index (χ3v) is 3.99. The largest absolute Gasteiger partial charge is 1.00 e. The number of hydrogen-bond acceptors (Lipinski definition) is 6. The Labute approximate surface area is 232 Å². The normalized spacial score (nSPS) is 9.87. The van der Waals surface area contributed by atoms with Crippen molar-refractivity contribution < 1.29 is 86.8 Å². The number of rotatable bonds is 14. The molecule has 0 saturated heterocycles. The Morgan fingerprint density at radius 3 is 2.32 bits per heavy atom. The van der Waals surface area contributed by atoms with Crippen LogP contribution in [-0.4, -0.2) is 63.6 Å². The average molecular weight is 506 g/mol. The van der Waals surface area contributed by atoms with E-state index >= 15 is 0 Å². The molecular weight excluding hydrogens is 476 g/mol.